The van der Waals surface area contributed by atoms with Crippen molar-refractivity contribution in [3.8, 4) is 0 Å². The molecule has 0 saturated heterocycles. The number of nitrogens with zero attached hydrogens (tertiary/aromatic N) is 1. The topological polar surface area (TPSA) is 32.6 Å². The van der Waals surface area contributed by atoms with Crippen molar-refractivity contribution >= 4 is 21.6 Å². The molecule has 0 amide bonds. The molecule has 2 nitrogen and oxygen atoms in total. The van der Waals surface area contributed by atoms with Gasteiger partial charge in [0.2, 0.25) is 0 Å². The number of halogens is 2. The van der Waals surface area contributed by atoms with Crippen molar-refractivity contribution in [2.75, 3.05) is 0 Å². The van der Waals surface area contributed by atoms with Crippen LogP contribution in [0.4, 0.5) is 4.39 Å². The van der Waals surface area contributed by atoms with Crippen molar-refractivity contribution in [1.29, 1.82) is 0 Å². The van der Waals surface area contributed by atoms with Crippen molar-refractivity contribution in [2.45, 2.75) is 12.8 Å². The average molecular weight is 244 g/mol. The second-order valence-corrected chi connectivity index (χ2v) is 3.88. The molecule has 0 saturated carbocycles. The molecule has 0 radical (unpaired) electrons. The lowest BCUT2D eigenvalue weighted by atomic mass is 10.1. The highest BCUT2D eigenvalue weighted by Crippen LogP contribution is 2.28. The monoisotopic (exact) mass is 243 g/mol. The van der Waals surface area contributed by atoms with Crippen LogP contribution in [0.25, 0.3) is 0 Å². The Hall–Kier alpha value is -0.900. The number of fused-ring (bicyclic) bond motifs is 1. The predicted octanol–water partition coefficient (Wildman–Crippen LogP) is 2.71. The summed E-state index contributed by atoms with van der Waals surface area (Å²) in [6.45, 7) is 0. The summed E-state index contributed by atoms with van der Waals surface area (Å²) in [5, 5.41) is 11.7. The Labute approximate surface area is 83.2 Å². The Kier molecular flexibility index (Phi) is 2.07. The minimum atomic E-state index is -0.324. The van der Waals surface area contributed by atoms with Crippen LogP contribution in [-0.4, -0.2) is 10.9 Å². The average Bonchev–Trinajstić information content (AvgIpc) is 2.47. The van der Waals surface area contributed by atoms with E-state index in [1.807, 2.05) is 6.07 Å². The summed E-state index contributed by atoms with van der Waals surface area (Å²) in [7, 11) is 0. The van der Waals surface area contributed by atoms with Gasteiger partial charge >= 0.3 is 0 Å². The molecule has 68 valence electrons. The lowest BCUT2D eigenvalue weighted by Gasteiger charge is -2.01. The highest BCUT2D eigenvalue weighted by Gasteiger charge is 2.22. The maximum absolute atomic E-state index is 13.4. The van der Waals surface area contributed by atoms with Crippen LogP contribution < -0.4 is 0 Å². The third-order valence-corrected chi connectivity index (χ3v) is 2.63. The number of hydrogen-bond donors (Lipinski definition) is 1. The molecular formula is C9H7BrFNO. The smallest absolute Gasteiger partial charge is 0.133 e. The lowest BCUT2D eigenvalue weighted by Crippen LogP contribution is -1.98. The fourth-order valence-electron chi connectivity index (χ4n) is 1.63. The van der Waals surface area contributed by atoms with Crippen LogP contribution in [0.1, 0.15) is 17.5 Å². The van der Waals surface area contributed by atoms with Gasteiger partial charge in [-0.1, -0.05) is 21.1 Å². The van der Waals surface area contributed by atoms with Crippen LogP contribution in [0.5, 0.6) is 0 Å². The lowest BCUT2D eigenvalue weighted by molar-refractivity contribution is 0.318. The van der Waals surface area contributed by atoms with Gasteiger partial charge in [-0.15, -0.1) is 0 Å². The third kappa shape index (κ3) is 1.35. The summed E-state index contributed by atoms with van der Waals surface area (Å²) >= 11 is 3.22. The van der Waals surface area contributed by atoms with Crippen LogP contribution in [0, 0.1) is 5.82 Å². The minimum Gasteiger partial charge on any atom is -0.411 e. The standard InChI is InChI=1S/C9H7BrFNO/c10-6-3-5-1-2-8(12-13)9(5)7(11)4-6/h3-4,13H,1-2H2. The minimum absolute atomic E-state index is 0.324. The van der Waals surface area contributed by atoms with E-state index in [2.05, 4.69) is 21.1 Å². The van der Waals surface area contributed by atoms with Crippen LogP contribution >= 0.6 is 15.9 Å². The Morgan fingerprint density at radius 2 is 2.15 bits per heavy atom. The summed E-state index contributed by atoms with van der Waals surface area (Å²) in [5.74, 6) is -0.324. The van der Waals surface area contributed by atoms with Gasteiger partial charge < -0.3 is 5.21 Å². The van der Waals surface area contributed by atoms with Crippen LogP contribution in [0.3, 0.4) is 0 Å². The first-order chi connectivity index (χ1) is 6.22. The van der Waals surface area contributed by atoms with Crippen molar-refractivity contribution in [3.05, 3.63) is 33.5 Å². The van der Waals surface area contributed by atoms with Gasteiger partial charge in [0, 0.05) is 10.0 Å². The van der Waals surface area contributed by atoms with Crippen LogP contribution in [0.15, 0.2) is 21.8 Å². The largest absolute Gasteiger partial charge is 0.411 e. The fraction of sp³-hybridized carbons (Fsp3) is 0.222. The second-order valence-electron chi connectivity index (χ2n) is 2.97. The zero-order valence-corrected chi connectivity index (χ0v) is 8.31. The summed E-state index contributed by atoms with van der Waals surface area (Å²) in [6, 6.07) is 3.24. The van der Waals surface area contributed by atoms with Gasteiger partial charge in [-0.05, 0) is 30.5 Å². The van der Waals surface area contributed by atoms with Gasteiger partial charge in [-0.25, -0.2) is 4.39 Å². The molecule has 0 spiro atoms. The number of oxime groups is 1. The van der Waals surface area contributed by atoms with Gasteiger partial charge in [0.25, 0.3) is 0 Å². The number of aryl methyl sites for hydroxylation is 1. The van der Waals surface area contributed by atoms with E-state index < -0.39 is 0 Å². The highest BCUT2D eigenvalue weighted by molar-refractivity contribution is 9.10. The maximum atomic E-state index is 13.4. The van der Waals surface area contributed by atoms with E-state index in [1.165, 1.54) is 6.07 Å². The summed E-state index contributed by atoms with van der Waals surface area (Å²) in [4.78, 5) is 0. The zero-order chi connectivity index (χ0) is 9.42. The van der Waals surface area contributed by atoms with E-state index >= 15 is 0 Å². The molecule has 1 aromatic rings. The Bertz CT molecular complexity index is 389. The highest BCUT2D eigenvalue weighted by atomic mass is 79.9. The molecular weight excluding hydrogens is 237 g/mol. The summed E-state index contributed by atoms with van der Waals surface area (Å²) < 4.78 is 14.1. The van der Waals surface area contributed by atoms with E-state index in [0.717, 1.165) is 16.5 Å². The molecule has 0 bridgehead atoms. The molecule has 0 unspecified atom stereocenters. The molecule has 4 heteroatoms. The quantitative estimate of drug-likeness (QED) is 0.552. The summed E-state index contributed by atoms with van der Waals surface area (Å²) in [6.07, 6.45) is 1.35. The Balaban J connectivity index is 2.65. The summed E-state index contributed by atoms with van der Waals surface area (Å²) in [5.41, 5.74) is 1.81. The molecule has 2 rings (SSSR count). The molecule has 1 aliphatic rings. The van der Waals surface area contributed by atoms with Crippen LogP contribution in [-0.2, 0) is 6.42 Å². The first-order valence-corrected chi connectivity index (χ1v) is 4.71. The maximum Gasteiger partial charge on any atom is 0.133 e. The van der Waals surface area contributed by atoms with Gasteiger partial charge in [-0.3, -0.25) is 0 Å². The van der Waals surface area contributed by atoms with Crippen molar-refractivity contribution in [1.82, 2.24) is 0 Å². The SMILES string of the molecule is ON=C1CCc2cc(Br)cc(F)c21. The fourth-order valence-corrected chi connectivity index (χ4v) is 2.10. The van der Waals surface area contributed by atoms with E-state index in [9.17, 15) is 4.39 Å². The van der Waals surface area contributed by atoms with Crippen molar-refractivity contribution in [2.24, 2.45) is 5.16 Å². The molecule has 13 heavy (non-hydrogen) atoms. The molecule has 0 fully saturated rings. The van der Waals surface area contributed by atoms with E-state index in [-0.39, 0.29) is 5.82 Å². The molecule has 1 aliphatic carbocycles. The van der Waals surface area contributed by atoms with Crippen LogP contribution in [0.2, 0.25) is 0 Å². The van der Waals surface area contributed by atoms with E-state index in [4.69, 9.17) is 5.21 Å². The third-order valence-electron chi connectivity index (χ3n) is 2.18. The van der Waals surface area contributed by atoms with Gasteiger partial charge in [-0.2, -0.15) is 0 Å². The van der Waals surface area contributed by atoms with E-state index in [1.54, 1.807) is 0 Å². The van der Waals surface area contributed by atoms with E-state index in [0.29, 0.717) is 17.7 Å². The van der Waals surface area contributed by atoms with Crippen molar-refractivity contribution in [3.63, 3.8) is 0 Å². The second kappa shape index (κ2) is 3.10. The van der Waals surface area contributed by atoms with Gasteiger partial charge in [0.15, 0.2) is 0 Å². The normalized spacial score (nSPS) is 17.8. The molecule has 1 aromatic carbocycles. The number of benzene rings is 1. The number of rotatable bonds is 0. The van der Waals surface area contributed by atoms with Gasteiger partial charge in [0.05, 0.1) is 5.71 Å². The first-order valence-electron chi connectivity index (χ1n) is 3.91. The Morgan fingerprint density at radius 1 is 1.38 bits per heavy atom. The predicted molar refractivity (Wildman–Crippen MR) is 50.7 cm³/mol. The molecule has 0 aliphatic heterocycles. The molecule has 0 atom stereocenters. The zero-order valence-electron chi connectivity index (χ0n) is 6.72. The molecule has 0 heterocycles. The van der Waals surface area contributed by atoms with Crippen molar-refractivity contribution < 1.29 is 9.60 Å². The first kappa shape index (κ1) is 8.69. The number of hydrogen-bond acceptors (Lipinski definition) is 2. The molecule has 1 N–H and O–H groups in total. The Morgan fingerprint density at radius 3 is 2.85 bits per heavy atom. The van der Waals surface area contributed by atoms with Gasteiger partial charge in [0.1, 0.15) is 5.82 Å². The molecule has 0 aromatic heterocycles.